The molecule has 0 amide bonds. The van der Waals surface area contributed by atoms with Crippen LogP contribution in [0.3, 0.4) is 0 Å². The normalized spacial score (nSPS) is 12.5. The second-order valence-electron chi connectivity index (χ2n) is 5.11. The summed E-state index contributed by atoms with van der Waals surface area (Å²) in [4.78, 5) is 24.5. The Balaban J connectivity index is 2.59. The number of nitrogens with zero attached hydrogens (tertiary/aromatic N) is 2. The second-order valence-corrected chi connectivity index (χ2v) is 6.95. The molecule has 0 unspecified atom stereocenters. The summed E-state index contributed by atoms with van der Waals surface area (Å²) in [6.07, 6.45) is 1.42. The lowest BCUT2D eigenvalue weighted by atomic mass is 10.3. The van der Waals surface area contributed by atoms with Crippen LogP contribution in [0.2, 0.25) is 10.0 Å². The number of carbonyl (C=O) groups is 1. The highest BCUT2D eigenvalue weighted by Crippen LogP contribution is 2.34. The molecular weight excluding hydrogens is 413 g/mol. The van der Waals surface area contributed by atoms with Gasteiger partial charge in [0.2, 0.25) is 0 Å². The fraction of sp³-hybridized carbons (Fsp3) is 0.235. The Hall–Kier alpha value is -2.47. The molecule has 0 aliphatic heterocycles. The quantitative estimate of drug-likeness (QED) is 0.558. The summed E-state index contributed by atoms with van der Waals surface area (Å²) >= 11 is 12.7. The van der Waals surface area contributed by atoms with Gasteiger partial charge in [-0.15, -0.1) is 11.3 Å². The molecule has 0 saturated carbocycles. The Morgan fingerprint density at radius 3 is 2.56 bits per heavy atom. The molecule has 0 radical (unpaired) electrons. The first kappa shape index (κ1) is 20.8. The minimum Gasteiger partial charge on any atom is -0.505 e. The monoisotopic (exact) mass is 427 g/mol. The zero-order valence-electron chi connectivity index (χ0n) is 14.4. The highest BCUT2D eigenvalue weighted by atomic mass is 35.5. The van der Waals surface area contributed by atoms with Crippen LogP contribution in [0.5, 0.6) is 5.75 Å². The number of hydrogen-bond acceptors (Lipinski definition) is 7. The van der Waals surface area contributed by atoms with E-state index in [9.17, 15) is 20.0 Å². The van der Waals surface area contributed by atoms with Gasteiger partial charge in [0.25, 0.3) is 5.56 Å². The molecule has 1 heterocycles. The van der Waals surface area contributed by atoms with Crippen molar-refractivity contribution in [3.05, 3.63) is 41.7 Å². The van der Waals surface area contributed by atoms with Gasteiger partial charge in [0, 0.05) is 18.4 Å². The number of ether oxygens (including phenoxy) is 1. The number of hydrogen-bond donors (Lipinski definition) is 2. The van der Waals surface area contributed by atoms with E-state index in [1.165, 1.54) is 22.9 Å². The topological polar surface area (TPSA) is 104 Å². The van der Waals surface area contributed by atoms with Crippen LogP contribution >= 0.6 is 34.5 Å². The number of phenolic OH excluding ortho intramolecular Hbond substituents is 1. The first-order valence-electron chi connectivity index (χ1n) is 7.79. The van der Waals surface area contributed by atoms with Crippen LogP contribution < -0.4 is 20.1 Å². The van der Waals surface area contributed by atoms with Crippen molar-refractivity contribution in [3.63, 3.8) is 0 Å². The molecule has 0 saturated heterocycles. The predicted molar refractivity (Wildman–Crippen MR) is 105 cm³/mol. The maximum absolute atomic E-state index is 12.6. The van der Waals surface area contributed by atoms with Gasteiger partial charge in [0.05, 0.1) is 16.7 Å². The fourth-order valence-corrected chi connectivity index (χ4v) is 3.74. The maximum Gasteiger partial charge on any atom is 0.351 e. The molecule has 0 atom stereocenters. The number of anilines is 1. The third kappa shape index (κ3) is 4.45. The average Bonchev–Trinajstić information content (AvgIpc) is 2.94. The fourth-order valence-electron chi connectivity index (χ4n) is 2.17. The minimum absolute atomic E-state index is 0.0543. The van der Waals surface area contributed by atoms with Gasteiger partial charge in [-0.1, -0.05) is 23.2 Å². The van der Waals surface area contributed by atoms with Gasteiger partial charge in [-0.2, -0.15) is 5.26 Å². The van der Waals surface area contributed by atoms with Crippen molar-refractivity contribution in [2.45, 2.75) is 20.4 Å². The van der Waals surface area contributed by atoms with Crippen LogP contribution in [0.15, 0.2) is 16.9 Å². The molecule has 10 heteroatoms. The number of aromatic hydroxyl groups is 1. The summed E-state index contributed by atoms with van der Waals surface area (Å²) in [7, 11) is 0. The molecule has 7 nitrogen and oxygen atoms in total. The van der Waals surface area contributed by atoms with Crippen molar-refractivity contribution in [2.75, 3.05) is 11.9 Å². The molecule has 27 heavy (non-hydrogen) atoms. The van der Waals surface area contributed by atoms with E-state index in [2.05, 4.69) is 5.32 Å². The van der Waals surface area contributed by atoms with Crippen molar-refractivity contribution < 1.29 is 14.6 Å². The van der Waals surface area contributed by atoms with Crippen LogP contribution in [0.1, 0.15) is 13.8 Å². The van der Waals surface area contributed by atoms with E-state index in [0.29, 0.717) is 5.69 Å². The first-order chi connectivity index (χ1) is 12.8. The van der Waals surface area contributed by atoms with Gasteiger partial charge >= 0.3 is 5.97 Å². The molecule has 0 aliphatic rings. The van der Waals surface area contributed by atoms with Gasteiger partial charge in [-0.25, -0.2) is 4.79 Å². The van der Waals surface area contributed by atoms with Gasteiger partial charge in [-0.3, -0.25) is 9.36 Å². The maximum atomic E-state index is 12.6. The molecule has 0 bridgehead atoms. The van der Waals surface area contributed by atoms with Gasteiger partial charge < -0.3 is 15.2 Å². The zero-order valence-corrected chi connectivity index (χ0v) is 16.7. The number of aromatic nitrogens is 1. The number of esters is 1. The summed E-state index contributed by atoms with van der Waals surface area (Å²) in [6.45, 7) is 3.76. The van der Waals surface area contributed by atoms with Crippen LogP contribution in [-0.4, -0.2) is 22.2 Å². The minimum atomic E-state index is -0.778. The Kier molecular flexibility index (Phi) is 6.91. The highest BCUT2D eigenvalue weighted by Gasteiger charge is 2.16. The lowest BCUT2D eigenvalue weighted by molar-refractivity contribution is -0.136. The molecule has 2 aromatic rings. The smallest absolute Gasteiger partial charge is 0.351 e. The van der Waals surface area contributed by atoms with Crippen LogP contribution in [0, 0.1) is 11.3 Å². The average molecular weight is 428 g/mol. The zero-order chi connectivity index (χ0) is 20.1. The van der Waals surface area contributed by atoms with E-state index in [4.69, 9.17) is 27.9 Å². The van der Waals surface area contributed by atoms with Crippen molar-refractivity contribution in [1.82, 2.24) is 4.57 Å². The number of halogens is 2. The molecule has 2 N–H and O–H groups in total. The van der Waals surface area contributed by atoms with E-state index in [-0.39, 0.29) is 49.3 Å². The number of rotatable bonds is 5. The van der Waals surface area contributed by atoms with Gasteiger partial charge in [0.1, 0.15) is 15.3 Å². The molecular formula is C17H15Cl2N3O4S. The van der Waals surface area contributed by atoms with E-state index in [0.717, 1.165) is 11.3 Å². The van der Waals surface area contributed by atoms with Crippen molar-refractivity contribution >= 4 is 58.0 Å². The first-order valence-corrected chi connectivity index (χ1v) is 9.37. The van der Waals surface area contributed by atoms with E-state index in [1.807, 2.05) is 6.07 Å². The molecule has 0 aliphatic carbocycles. The molecule has 2 rings (SSSR count). The largest absolute Gasteiger partial charge is 0.505 e. The molecule has 1 aromatic heterocycles. The lowest BCUT2D eigenvalue weighted by Crippen LogP contribution is -2.32. The number of nitrogens with one attached hydrogen (secondary N) is 1. The van der Waals surface area contributed by atoms with E-state index >= 15 is 0 Å². The number of nitriles is 1. The Bertz CT molecular complexity index is 1080. The van der Waals surface area contributed by atoms with Crippen molar-refractivity contribution in [2.24, 2.45) is 0 Å². The van der Waals surface area contributed by atoms with Crippen molar-refractivity contribution in [1.29, 1.82) is 5.26 Å². The van der Waals surface area contributed by atoms with Gasteiger partial charge in [0.15, 0.2) is 11.3 Å². The molecule has 142 valence electrons. The lowest BCUT2D eigenvalue weighted by Gasteiger charge is -2.04. The predicted octanol–water partition coefficient (Wildman–Crippen LogP) is 2.03. The summed E-state index contributed by atoms with van der Waals surface area (Å²) < 4.78 is 6.69. The molecule has 0 fully saturated rings. The Labute approximate surface area is 168 Å². The Morgan fingerprint density at radius 1 is 1.41 bits per heavy atom. The number of carbonyl (C=O) groups excluding carboxylic acids is 1. The summed E-state index contributed by atoms with van der Waals surface area (Å²) in [5, 5.41) is 21.9. The summed E-state index contributed by atoms with van der Waals surface area (Å²) in [6, 6.07) is 4.69. The standard InChI is InChI=1S/C17H15Cl2N3O4S/c1-3-22-15(24)13(27-16(22)10(7-20)17(25)26-4-2)8-21-9-5-11(18)14(23)12(19)6-9/h5-6,8,21,23H,3-4H2,1-2H3. The van der Waals surface area contributed by atoms with E-state index < -0.39 is 5.97 Å². The summed E-state index contributed by atoms with van der Waals surface area (Å²) in [5.74, 6) is -1.02. The Morgan fingerprint density at radius 2 is 2.04 bits per heavy atom. The van der Waals surface area contributed by atoms with E-state index in [1.54, 1.807) is 13.8 Å². The second kappa shape index (κ2) is 8.95. The number of thiazole rings is 1. The molecule has 0 spiro atoms. The number of benzene rings is 1. The van der Waals surface area contributed by atoms with Crippen LogP contribution in [-0.2, 0) is 16.1 Å². The van der Waals surface area contributed by atoms with Crippen LogP contribution in [0.4, 0.5) is 5.69 Å². The molecule has 1 aromatic carbocycles. The van der Waals surface area contributed by atoms with Gasteiger partial charge in [-0.05, 0) is 26.0 Å². The third-order valence-corrected chi connectivity index (χ3v) is 5.12. The number of phenols is 1. The third-order valence-electron chi connectivity index (χ3n) is 3.42. The summed E-state index contributed by atoms with van der Waals surface area (Å²) in [5.41, 5.74) is -0.135. The van der Waals surface area contributed by atoms with Crippen LogP contribution in [0.25, 0.3) is 11.8 Å². The van der Waals surface area contributed by atoms with Crippen molar-refractivity contribution in [3.8, 4) is 11.8 Å². The highest BCUT2D eigenvalue weighted by molar-refractivity contribution is 7.07. The SMILES string of the molecule is CCOC(=O)C(C#N)=c1sc(=CNc2cc(Cl)c(O)c(Cl)c2)c(=O)n1CC.